The molecule has 2 heterocycles. The molecule has 0 aliphatic carbocycles. The average Bonchev–Trinajstić information content (AvgIpc) is 3.24. The number of likely N-dealkylation sites (tertiary alicyclic amines) is 2. The molecule has 2 aliphatic rings. The Morgan fingerprint density at radius 3 is 2.35 bits per heavy atom. The van der Waals surface area contributed by atoms with Gasteiger partial charge in [-0.3, -0.25) is 9.59 Å². The van der Waals surface area contributed by atoms with Gasteiger partial charge in [-0.1, -0.05) is 17.7 Å². The molecule has 0 radical (unpaired) electrons. The van der Waals surface area contributed by atoms with Gasteiger partial charge in [0.1, 0.15) is 6.61 Å². The van der Waals surface area contributed by atoms with Gasteiger partial charge in [-0.2, -0.15) is 4.31 Å². The second-order valence-corrected chi connectivity index (χ2v) is 12.9. The highest BCUT2D eigenvalue weighted by molar-refractivity contribution is 7.89. The minimum Gasteiger partial charge on any atom is -0.370 e. The third-order valence-corrected chi connectivity index (χ3v) is 9.85. The fourth-order valence-electron chi connectivity index (χ4n) is 5.57. The highest BCUT2D eigenvalue weighted by atomic mass is 32.2. The van der Waals surface area contributed by atoms with Crippen LogP contribution in [-0.2, 0) is 24.3 Å². The molecule has 2 saturated heterocycles. The van der Waals surface area contributed by atoms with Gasteiger partial charge in [0, 0.05) is 52.7 Å². The number of carbonyl (C=O) groups is 2. The molecule has 2 amide bonds. The van der Waals surface area contributed by atoms with Crippen LogP contribution in [0.3, 0.4) is 0 Å². The molecule has 0 saturated carbocycles. The van der Waals surface area contributed by atoms with E-state index in [9.17, 15) is 18.0 Å². The third-order valence-electron chi connectivity index (χ3n) is 7.69. The Morgan fingerprint density at radius 1 is 1.05 bits per heavy atom. The predicted molar refractivity (Wildman–Crippen MR) is 144 cm³/mol. The summed E-state index contributed by atoms with van der Waals surface area (Å²) in [5, 5.41) is 0. The van der Waals surface area contributed by atoms with Gasteiger partial charge in [-0.25, -0.2) is 8.42 Å². The molecule has 2 fully saturated rings. The molecule has 208 valence electrons. The van der Waals surface area contributed by atoms with E-state index in [2.05, 4.69) is 11.9 Å². The van der Waals surface area contributed by atoms with Crippen LogP contribution < -0.4 is 0 Å². The van der Waals surface area contributed by atoms with Crippen molar-refractivity contribution in [3.8, 4) is 0 Å². The normalized spacial score (nSPS) is 21.0. The Balaban J connectivity index is 1.45. The highest BCUT2D eigenvalue weighted by Crippen LogP contribution is 2.25. The molecule has 2 aliphatic heterocycles. The maximum absolute atomic E-state index is 13.1. The minimum absolute atomic E-state index is 0.0319. The summed E-state index contributed by atoms with van der Waals surface area (Å²) < 4.78 is 33.1. The number of likely N-dealkylation sites (N-methyl/N-ethyl adjacent to an activating group) is 2. The molecule has 0 aromatic heterocycles. The van der Waals surface area contributed by atoms with Crippen molar-refractivity contribution in [2.75, 3.05) is 67.1 Å². The van der Waals surface area contributed by atoms with Crippen LogP contribution in [0.4, 0.5) is 0 Å². The van der Waals surface area contributed by atoms with E-state index in [1.807, 2.05) is 24.0 Å². The second kappa shape index (κ2) is 12.7. The Labute approximate surface area is 222 Å². The summed E-state index contributed by atoms with van der Waals surface area (Å²) in [7, 11) is 1.72. The molecule has 2 atom stereocenters. The first-order chi connectivity index (χ1) is 17.4. The molecule has 10 heteroatoms. The molecular weight excluding hydrogens is 492 g/mol. The molecule has 0 spiro atoms. The molecule has 3 rings (SSSR count). The van der Waals surface area contributed by atoms with Crippen molar-refractivity contribution in [1.82, 2.24) is 19.0 Å². The first kappa shape index (κ1) is 29.5. The lowest BCUT2D eigenvalue weighted by Gasteiger charge is -2.38. The van der Waals surface area contributed by atoms with Gasteiger partial charge < -0.3 is 19.4 Å². The Hall–Kier alpha value is -2.01. The molecule has 2 unspecified atom stereocenters. The number of sulfonamides is 1. The Kier molecular flexibility index (Phi) is 10.1. The Bertz CT molecular complexity index is 1050. The van der Waals surface area contributed by atoms with Crippen molar-refractivity contribution in [2.24, 2.45) is 5.92 Å². The predicted octanol–water partition coefficient (Wildman–Crippen LogP) is 2.04. The average molecular weight is 537 g/mol. The van der Waals surface area contributed by atoms with Crippen LogP contribution in [0.5, 0.6) is 0 Å². The number of carbonyl (C=O) groups excluding carboxylic acids is 2. The molecule has 1 aromatic rings. The molecular formula is C27H44N4O5S. The fourth-order valence-corrected chi connectivity index (χ4v) is 7.13. The van der Waals surface area contributed by atoms with Crippen LogP contribution in [0.25, 0.3) is 0 Å². The molecule has 0 bridgehead atoms. The lowest BCUT2D eigenvalue weighted by molar-refractivity contribution is -0.141. The van der Waals surface area contributed by atoms with E-state index < -0.39 is 10.0 Å². The summed E-state index contributed by atoms with van der Waals surface area (Å²) in [4.78, 5) is 31.8. The van der Waals surface area contributed by atoms with Crippen LogP contribution in [-0.4, -0.2) is 112 Å². The molecule has 9 nitrogen and oxygen atoms in total. The quantitative estimate of drug-likeness (QED) is 0.425. The van der Waals surface area contributed by atoms with Crippen molar-refractivity contribution < 1.29 is 22.7 Å². The molecule has 1 aromatic carbocycles. The lowest BCUT2D eigenvalue weighted by Crippen LogP contribution is -2.51. The van der Waals surface area contributed by atoms with Crippen LogP contribution in [0.15, 0.2) is 17.0 Å². The molecule has 37 heavy (non-hydrogen) atoms. The van der Waals surface area contributed by atoms with E-state index in [4.69, 9.17) is 4.74 Å². The summed E-state index contributed by atoms with van der Waals surface area (Å²) in [6, 6.07) is 3.70. The van der Waals surface area contributed by atoms with E-state index in [1.165, 1.54) is 11.4 Å². The summed E-state index contributed by atoms with van der Waals surface area (Å²) in [5.41, 5.74) is 2.46. The number of nitrogens with zero attached hydrogens (tertiary/aromatic N) is 4. The summed E-state index contributed by atoms with van der Waals surface area (Å²) in [6.07, 6.45) is 3.38. The van der Waals surface area contributed by atoms with Crippen LogP contribution >= 0.6 is 0 Å². The lowest BCUT2D eigenvalue weighted by atomic mass is 10.0. The van der Waals surface area contributed by atoms with Gasteiger partial charge in [0.15, 0.2) is 0 Å². The van der Waals surface area contributed by atoms with Gasteiger partial charge in [0.05, 0.1) is 11.5 Å². The second-order valence-electron chi connectivity index (χ2n) is 10.9. The van der Waals surface area contributed by atoms with E-state index in [1.54, 1.807) is 25.8 Å². The van der Waals surface area contributed by atoms with Crippen LogP contribution in [0.1, 0.15) is 42.4 Å². The number of hydrogen-bond donors (Lipinski definition) is 0. The number of piperidine rings is 1. The number of aryl methyl sites for hydroxylation is 3. The van der Waals surface area contributed by atoms with Gasteiger partial charge in [0.25, 0.3) is 0 Å². The topological polar surface area (TPSA) is 90.5 Å². The fraction of sp³-hybridized carbons (Fsp3) is 0.704. The monoisotopic (exact) mass is 536 g/mol. The number of rotatable bonds is 10. The van der Waals surface area contributed by atoms with E-state index in [0.29, 0.717) is 23.8 Å². The van der Waals surface area contributed by atoms with Crippen molar-refractivity contribution >= 4 is 21.8 Å². The summed E-state index contributed by atoms with van der Waals surface area (Å²) >= 11 is 0. The summed E-state index contributed by atoms with van der Waals surface area (Å²) in [5.74, 6) is 0.448. The zero-order valence-corrected chi connectivity index (χ0v) is 24.1. The number of hydrogen-bond acceptors (Lipinski definition) is 6. The van der Waals surface area contributed by atoms with Crippen molar-refractivity contribution in [3.63, 3.8) is 0 Å². The van der Waals surface area contributed by atoms with E-state index in [0.717, 1.165) is 55.6 Å². The zero-order chi connectivity index (χ0) is 27.3. The smallest absolute Gasteiger partial charge is 0.248 e. The first-order valence-electron chi connectivity index (χ1n) is 13.2. The van der Waals surface area contributed by atoms with Crippen LogP contribution in [0, 0.1) is 26.7 Å². The van der Waals surface area contributed by atoms with Gasteiger partial charge in [0.2, 0.25) is 21.8 Å². The van der Waals surface area contributed by atoms with Gasteiger partial charge in [-0.05, 0) is 70.7 Å². The van der Waals surface area contributed by atoms with Gasteiger partial charge >= 0.3 is 0 Å². The number of ether oxygens (including phenoxy) is 1. The zero-order valence-electron chi connectivity index (χ0n) is 23.3. The largest absolute Gasteiger partial charge is 0.370 e. The van der Waals surface area contributed by atoms with Gasteiger partial charge in [-0.15, -0.1) is 0 Å². The van der Waals surface area contributed by atoms with Crippen molar-refractivity contribution in [2.45, 2.75) is 57.4 Å². The van der Waals surface area contributed by atoms with Crippen LogP contribution in [0.2, 0.25) is 0 Å². The SMILES string of the molecule is Cc1cc(C)c(S(=O)(=O)N(C)CCOCC(=O)N(C)C2CCCN(C(=O)CC3CCN(C)C3)C2)c(C)c1. The number of benzene rings is 1. The summed E-state index contributed by atoms with van der Waals surface area (Å²) in [6.45, 7) is 9.02. The highest BCUT2D eigenvalue weighted by Gasteiger charge is 2.31. The molecule has 0 N–H and O–H groups in total. The maximum Gasteiger partial charge on any atom is 0.248 e. The first-order valence-corrected chi connectivity index (χ1v) is 14.7. The minimum atomic E-state index is -3.66. The van der Waals surface area contributed by atoms with Crippen molar-refractivity contribution in [1.29, 1.82) is 0 Å². The Morgan fingerprint density at radius 2 is 1.73 bits per heavy atom. The maximum atomic E-state index is 13.1. The standard InChI is InChI=1S/C27H44N4O5S/c1-20-14-21(2)27(22(3)15-20)37(34,35)29(5)12-13-36-19-26(33)30(6)24-8-7-10-31(18-24)25(32)16-23-9-11-28(4)17-23/h14-15,23-24H,7-13,16-19H2,1-6H3. The number of amides is 2. The van der Waals surface area contributed by atoms with Crippen molar-refractivity contribution in [3.05, 3.63) is 28.8 Å². The third kappa shape index (κ3) is 7.52. The van der Waals surface area contributed by atoms with E-state index in [-0.39, 0.29) is 37.6 Å². The van der Waals surface area contributed by atoms with E-state index >= 15 is 0 Å².